The number of carbonyl (C=O) groups is 1. The zero-order valence-corrected chi connectivity index (χ0v) is 12.9. The fourth-order valence-electron chi connectivity index (χ4n) is 1.89. The molecule has 0 spiro atoms. The number of para-hydroxylation sites is 1. The first-order chi connectivity index (χ1) is 10.6. The molecule has 0 aromatic heterocycles. The highest BCUT2D eigenvalue weighted by atomic mass is 32.1. The maximum Gasteiger partial charge on any atom is 0.250 e. The van der Waals surface area contributed by atoms with E-state index in [1.54, 1.807) is 24.3 Å². The van der Waals surface area contributed by atoms with Crippen LogP contribution in [0.25, 0.3) is 0 Å². The smallest absolute Gasteiger partial charge is 0.250 e. The molecule has 0 atom stereocenters. The Balaban J connectivity index is 2.02. The molecule has 0 aliphatic rings. The van der Waals surface area contributed by atoms with E-state index in [1.807, 2.05) is 31.2 Å². The van der Waals surface area contributed by atoms with Gasteiger partial charge in [-0.3, -0.25) is 4.79 Å². The summed E-state index contributed by atoms with van der Waals surface area (Å²) in [5.74, 6) is 0.290. The molecule has 22 heavy (non-hydrogen) atoms. The van der Waals surface area contributed by atoms with Gasteiger partial charge in [-0.15, -0.1) is 0 Å². The van der Waals surface area contributed by atoms with E-state index in [4.69, 9.17) is 22.7 Å². The molecule has 2 aromatic carbocycles. The summed E-state index contributed by atoms with van der Waals surface area (Å²) in [5, 5.41) is 6.38. The SMILES string of the molecule is CCOc1ccc(NC(=S)Nc2ccccc2C(N)=O)cc1. The molecule has 2 rings (SSSR count). The van der Waals surface area contributed by atoms with Crippen LogP contribution in [-0.4, -0.2) is 17.6 Å². The van der Waals surface area contributed by atoms with Crippen molar-refractivity contribution in [1.82, 2.24) is 0 Å². The molecule has 0 radical (unpaired) electrons. The molecule has 0 bridgehead atoms. The molecular weight excluding hydrogens is 298 g/mol. The van der Waals surface area contributed by atoms with Gasteiger partial charge >= 0.3 is 0 Å². The molecule has 0 heterocycles. The quantitative estimate of drug-likeness (QED) is 0.740. The van der Waals surface area contributed by atoms with Gasteiger partial charge in [0.25, 0.3) is 5.91 Å². The molecule has 0 aliphatic heterocycles. The van der Waals surface area contributed by atoms with Gasteiger partial charge in [0, 0.05) is 5.69 Å². The maximum absolute atomic E-state index is 11.4. The van der Waals surface area contributed by atoms with Crippen molar-refractivity contribution in [3.05, 3.63) is 54.1 Å². The number of anilines is 2. The van der Waals surface area contributed by atoms with E-state index in [-0.39, 0.29) is 0 Å². The van der Waals surface area contributed by atoms with E-state index >= 15 is 0 Å². The summed E-state index contributed by atoms with van der Waals surface area (Å²) in [6.07, 6.45) is 0. The van der Waals surface area contributed by atoms with Crippen molar-refractivity contribution >= 4 is 34.6 Å². The largest absolute Gasteiger partial charge is 0.494 e. The molecule has 5 nitrogen and oxygen atoms in total. The highest BCUT2D eigenvalue weighted by molar-refractivity contribution is 7.80. The van der Waals surface area contributed by atoms with Crippen LogP contribution in [0.3, 0.4) is 0 Å². The zero-order valence-electron chi connectivity index (χ0n) is 12.1. The van der Waals surface area contributed by atoms with Crippen LogP contribution >= 0.6 is 12.2 Å². The third-order valence-corrected chi connectivity index (χ3v) is 3.07. The Labute approximate surface area is 134 Å². The lowest BCUT2D eigenvalue weighted by molar-refractivity contribution is 0.100. The number of hydrogen-bond donors (Lipinski definition) is 3. The van der Waals surface area contributed by atoms with Gasteiger partial charge in [-0.05, 0) is 55.5 Å². The number of carbonyl (C=O) groups excluding carboxylic acids is 1. The minimum Gasteiger partial charge on any atom is -0.494 e. The molecule has 4 N–H and O–H groups in total. The van der Waals surface area contributed by atoms with Crippen LogP contribution in [0.5, 0.6) is 5.75 Å². The number of rotatable bonds is 5. The van der Waals surface area contributed by atoms with Gasteiger partial charge in [0.05, 0.1) is 17.9 Å². The van der Waals surface area contributed by atoms with Gasteiger partial charge in [0.2, 0.25) is 0 Å². The minimum absolute atomic E-state index is 0.373. The average Bonchev–Trinajstić information content (AvgIpc) is 2.50. The van der Waals surface area contributed by atoms with Gasteiger partial charge in [0.1, 0.15) is 5.75 Å². The van der Waals surface area contributed by atoms with Crippen molar-refractivity contribution in [2.24, 2.45) is 5.73 Å². The van der Waals surface area contributed by atoms with Crippen LogP contribution in [0.4, 0.5) is 11.4 Å². The normalized spacial score (nSPS) is 9.86. The summed E-state index contributed by atoms with van der Waals surface area (Å²) in [4.78, 5) is 11.4. The lowest BCUT2D eigenvalue weighted by Gasteiger charge is -2.13. The molecule has 2 aromatic rings. The van der Waals surface area contributed by atoms with E-state index in [2.05, 4.69) is 10.6 Å². The number of benzene rings is 2. The zero-order chi connectivity index (χ0) is 15.9. The van der Waals surface area contributed by atoms with Crippen molar-refractivity contribution in [3.63, 3.8) is 0 Å². The molecule has 114 valence electrons. The number of amides is 1. The summed E-state index contributed by atoms with van der Waals surface area (Å²) in [5.41, 5.74) is 7.10. The van der Waals surface area contributed by atoms with Crippen molar-refractivity contribution < 1.29 is 9.53 Å². The van der Waals surface area contributed by atoms with Crippen LogP contribution in [0, 0.1) is 0 Å². The molecule has 1 amide bonds. The van der Waals surface area contributed by atoms with Crippen LogP contribution < -0.4 is 21.1 Å². The third kappa shape index (κ3) is 4.20. The summed E-state index contributed by atoms with van der Waals surface area (Å²) in [6, 6.07) is 14.4. The second-order valence-electron chi connectivity index (χ2n) is 4.45. The average molecular weight is 315 g/mol. The number of thiocarbonyl (C=S) groups is 1. The molecule has 0 unspecified atom stereocenters. The van der Waals surface area contributed by atoms with E-state index in [0.717, 1.165) is 11.4 Å². The molecular formula is C16H17N3O2S. The Morgan fingerprint density at radius 3 is 2.45 bits per heavy atom. The molecule has 0 saturated carbocycles. The van der Waals surface area contributed by atoms with Crippen molar-refractivity contribution in [1.29, 1.82) is 0 Å². The third-order valence-electron chi connectivity index (χ3n) is 2.86. The Hall–Kier alpha value is -2.60. The predicted molar refractivity (Wildman–Crippen MR) is 92.4 cm³/mol. The van der Waals surface area contributed by atoms with E-state index < -0.39 is 5.91 Å². The van der Waals surface area contributed by atoms with Crippen LogP contribution in [0.1, 0.15) is 17.3 Å². The first-order valence-corrected chi connectivity index (χ1v) is 7.20. The number of nitrogens with two attached hydrogens (primary N) is 1. The van der Waals surface area contributed by atoms with Gasteiger partial charge in [-0.2, -0.15) is 0 Å². The van der Waals surface area contributed by atoms with Gasteiger partial charge < -0.3 is 21.1 Å². The Bertz CT molecular complexity index is 671. The van der Waals surface area contributed by atoms with E-state index in [1.165, 1.54) is 0 Å². The molecule has 0 aliphatic carbocycles. The van der Waals surface area contributed by atoms with Crippen LogP contribution in [-0.2, 0) is 0 Å². The van der Waals surface area contributed by atoms with Crippen molar-refractivity contribution in [3.8, 4) is 5.75 Å². The lowest BCUT2D eigenvalue weighted by atomic mass is 10.1. The molecule has 0 fully saturated rings. The monoisotopic (exact) mass is 315 g/mol. The fraction of sp³-hybridized carbons (Fsp3) is 0.125. The highest BCUT2D eigenvalue weighted by Gasteiger charge is 2.08. The van der Waals surface area contributed by atoms with Crippen molar-refractivity contribution in [2.75, 3.05) is 17.2 Å². The Morgan fingerprint density at radius 2 is 1.82 bits per heavy atom. The summed E-state index contributed by atoms with van der Waals surface area (Å²) in [7, 11) is 0. The second kappa shape index (κ2) is 7.42. The number of primary amides is 1. The minimum atomic E-state index is -0.507. The fourth-order valence-corrected chi connectivity index (χ4v) is 2.12. The van der Waals surface area contributed by atoms with Gasteiger partial charge in [0.15, 0.2) is 5.11 Å². The van der Waals surface area contributed by atoms with Crippen LogP contribution in [0.15, 0.2) is 48.5 Å². The number of ether oxygens (including phenoxy) is 1. The lowest BCUT2D eigenvalue weighted by Crippen LogP contribution is -2.22. The summed E-state index contributed by atoms with van der Waals surface area (Å²) in [6.45, 7) is 2.55. The Morgan fingerprint density at radius 1 is 1.14 bits per heavy atom. The first kappa shape index (κ1) is 15.8. The predicted octanol–water partition coefficient (Wildman–Crippen LogP) is 2.99. The van der Waals surface area contributed by atoms with Gasteiger partial charge in [-0.25, -0.2) is 0 Å². The number of nitrogens with one attached hydrogen (secondary N) is 2. The highest BCUT2D eigenvalue weighted by Crippen LogP contribution is 2.17. The maximum atomic E-state index is 11.4. The van der Waals surface area contributed by atoms with Crippen LogP contribution in [0.2, 0.25) is 0 Å². The number of hydrogen-bond acceptors (Lipinski definition) is 3. The summed E-state index contributed by atoms with van der Waals surface area (Å²) < 4.78 is 5.38. The van der Waals surface area contributed by atoms with Gasteiger partial charge in [-0.1, -0.05) is 12.1 Å². The van der Waals surface area contributed by atoms with E-state index in [9.17, 15) is 4.79 Å². The molecule has 0 saturated heterocycles. The van der Waals surface area contributed by atoms with E-state index in [0.29, 0.717) is 23.0 Å². The van der Waals surface area contributed by atoms with Crippen molar-refractivity contribution in [2.45, 2.75) is 6.92 Å². The standard InChI is InChI=1S/C16H17N3O2S/c1-2-21-12-9-7-11(8-10-12)18-16(22)19-14-6-4-3-5-13(14)15(17)20/h3-10H,2H2,1H3,(H2,17,20)(H2,18,19,22). The topological polar surface area (TPSA) is 76.4 Å². The first-order valence-electron chi connectivity index (χ1n) is 6.80. The summed E-state index contributed by atoms with van der Waals surface area (Å²) >= 11 is 5.24. The Kier molecular flexibility index (Phi) is 5.32. The second-order valence-corrected chi connectivity index (χ2v) is 4.85. The molecule has 6 heteroatoms.